The molecule has 0 saturated carbocycles. The van der Waals surface area contributed by atoms with Crippen molar-refractivity contribution in [1.29, 1.82) is 0 Å². The van der Waals surface area contributed by atoms with Crippen LogP contribution in [0.5, 0.6) is 0 Å². The molecular formula is C20H19FN2O4S. The Labute approximate surface area is 162 Å². The first kappa shape index (κ1) is 19.8. The molecule has 0 radical (unpaired) electrons. The highest BCUT2D eigenvalue weighted by Gasteiger charge is 2.16. The highest BCUT2D eigenvalue weighted by molar-refractivity contribution is 7.89. The van der Waals surface area contributed by atoms with Gasteiger partial charge in [0.15, 0.2) is 0 Å². The highest BCUT2D eigenvalue weighted by atomic mass is 32.2. The van der Waals surface area contributed by atoms with E-state index in [-0.39, 0.29) is 28.7 Å². The molecule has 28 heavy (non-hydrogen) atoms. The summed E-state index contributed by atoms with van der Waals surface area (Å²) in [5, 5.41) is 2.73. The molecule has 3 aromatic rings. The Kier molecular flexibility index (Phi) is 6.23. The second kappa shape index (κ2) is 8.81. The normalized spacial score (nSPS) is 11.3. The van der Waals surface area contributed by atoms with Crippen LogP contribution in [0.4, 0.5) is 4.39 Å². The maximum absolute atomic E-state index is 12.9. The van der Waals surface area contributed by atoms with Crippen molar-refractivity contribution in [3.05, 3.63) is 89.6 Å². The van der Waals surface area contributed by atoms with Gasteiger partial charge in [-0.25, -0.2) is 17.5 Å². The van der Waals surface area contributed by atoms with Crippen LogP contribution in [-0.4, -0.2) is 20.9 Å². The Morgan fingerprint density at radius 3 is 2.54 bits per heavy atom. The summed E-state index contributed by atoms with van der Waals surface area (Å²) in [5.41, 5.74) is 1.13. The Morgan fingerprint density at radius 2 is 1.82 bits per heavy atom. The van der Waals surface area contributed by atoms with E-state index in [1.165, 1.54) is 36.6 Å². The molecular weight excluding hydrogens is 383 g/mol. The largest absolute Gasteiger partial charge is 0.468 e. The first-order chi connectivity index (χ1) is 13.4. The minimum atomic E-state index is -3.79. The molecule has 0 fully saturated rings. The molecule has 2 aromatic carbocycles. The van der Waals surface area contributed by atoms with Crippen molar-refractivity contribution in [3.63, 3.8) is 0 Å². The third-order valence-electron chi connectivity index (χ3n) is 4.04. The van der Waals surface area contributed by atoms with Crippen LogP contribution in [0.25, 0.3) is 0 Å². The number of carbonyl (C=O) groups is 1. The maximum atomic E-state index is 12.9. The number of rotatable bonds is 8. The summed E-state index contributed by atoms with van der Waals surface area (Å²) < 4.78 is 45.3. The summed E-state index contributed by atoms with van der Waals surface area (Å²) in [4.78, 5) is 12.3. The van der Waals surface area contributed by atoms with Gasteiger partial charge >= 0.3 is 0 Å². The van der Waals surface area contributed by atoms with E-state index in [9.17, 15) is 17.6 Å². The van der Waals surface area contributed by atoms with E-state index in [2.05, 4.69) is 10.0 Å². The summed E-state index contributed by atoms with van der Waals surface area (Å²) in [5.74, 6) is -0.213. The van der Waals surface area contributed by atoms with Crippen molar-refractivity contribution in [2.45, 2.75) is 17.9 Å². The number of carbonyl (C=O) groups excluding carboxylic acids is 1. The summed E-state index contributed by atoms with van der Waals surface area (Å²) in [7, 11) is -3.79. The summed E-state index contributed by atoms with van der Waals surface area (Å²) >= 11 is 0. The molecule has 0 spiro atoms. The smallest absolute Gasteiger partial charge is 0.251 e. The molecule has 0 bridgehead atoms. The number of amides is 1. The van der Waals surface area contributed by atoms with Gasteiger partial charge in [-0.3, -0.25) is 4.79 Å². The molecule has 0 aliphatic heterocycles. The second-order valence-corrected chi connectivity index (χ2v) is 7.83. The number of furan rings is 1. The van der Waals surface area contributed by atoms with Crippen molar-refractivity contribution < 1.29 is 22.0 Å². The fourth-order valence-corrected chi connectivity index (χ4v) is 3.58. The van der Waals surface area contributed by atoms with E-state index >= 15 is 0 Å². The van der Waals surface area contributed by atoms with Crippen LogP contribution in [0, 0.1) is 5.82 Å². The van der Waals surface area contributed by atoms with E-state index in [1.54, 1.807) is 30.3 Å². The average molecular weight is 402 g/mol. The van der Waals surface area contributed by atoms with Gasteiger partial charge < -0.3 is 9.73 Å². The fourth-order valence-electron chi connectivity index (χ4n) is 2.54. The average Bonchev–Trinajstić information content (AvgIpc) is 3.22. The third-order valence-corrected chi connectivity index (χ3v) is 5.43. The van der Waals surface area contributed by atoms with Crippen molar-refractivity contribution in [2.75, 3.05) is 6.54 Å². The lowest BCUT2D eigenvalue weighted by Gasteiger charge is -2.09. The van der Waals surface area contributed by atoms with Crippen molar-refractivity contribution in [2.24, 2.45) is 0 Å². The van der Waals surface area contributed by atoms with E-state index in [4.69, 9.17) is 4.42 Å². The zero-order chi connectivity index (χ0) is 20.0. The van der Waals surface area contributed by atoms with Crippen LogP contribution < -0.4 is 10.0 Å². The Morgan fingerprint density at radius 1 is 1.04 bits per heavy atom. The van der Waals surface area contributed by atoms with Gasteiger partial charge in [0.25, 0.3) is 5.91 Å². The van der Waals surface area contributed by atoms with Gasteiger partial charge in [-0.05, 0) is 54.4 Å². The van der Waals surface area contributed by atoms with Crippen LogP contribution in [0.3, 0.4) is 0 Å². The van der Waals surface area contributed by atoms with Crippen molar-refractivity contribution >= 4 is 15.9 Å². The quantitative estimate of drug-likeness (QED) is 0.606. The maximum Gasteiger partial charge on any atom is 0.251 e. The molecule has 2 N–H and O–H groups in total. The predicted molar refractivity (Wildman–Crippen MR) is 102 cm³/mol. The molecule has 6 nitrogen and oxygen atoms in total. The summed E-state index contributed by atoms with van der Waals surface area (Å²) in [6, 6.07) is 15.1. The standard InChI is InChI=1S/C20H19FN2O4S/c21-17-8-6-15(7-9-17)10-11-22-20(24)16-3-1-5-19(13-16)28(25,26)23-14-18-4-2-12-27-18/h1-9,12-13,23H,10-11,14H2,(H,22,24). The van der Waals surface area contributed by atoms with E-state index in [1.807, 2.05) is 0 Å². The molecule has 0 atom stereocenters. The van der Waals surface area contributed by atoms with Gasteiger partial charge in [0.1, 0.15) is 11.6 Å². The van der Waals surface area contributed by atoms with E-state index < -0.39 is 10.0 Å². The lowest BCUT2D eigenvalue weighted by atomic mass is 10.1. The third kappa shape index (κ3) is 5.28. The minimum Gasteiger partial charge on any atom is -0.468 e. The lowest BCUT2D eigenvalue weighted by molar-refractivity contribution is 0.0954. The highest BCUT2D eigenvalue weighted by Crippen LogP contribution is 2.13. The molecule has 0 aliphatic carbocycles. The van der Waals surface area contributed by atoms with Crippen LogP contribution >= 0.6 is 0 Å². The lowest BCUT2D eigenvalue weighted by Crippen LogP contribution is -2.27. The van der Waals surface area contributed by atoms with E-state index in [0.29, 0.717) is 18.7 Å². The minimum absolute atomic E-state index is 0.00904. The van der Waals surface area contributed by atoms with Gasteiger partial charge in [0, 0.05) is 12.1 Å². The molecule has 3 rings (SSSR count). The predicted octanol–water partition coefficient (Wildman–Crippen LogP) is 2.87. The molecule has 146 valence electrons. The molecule has 1 amide bonds. The second-order valence-electron chi connectivity index (χ2n) is 6.06. The van der Waals surface area contributed by atoms with E-state index in [0.717, 1.165) is 5.56 Å². The first-order valence-corrected chi connectivity index (χ1v) is 10.1. The number of hydrogen-bond acceptors (Lipinski definition) is 4. The number of halogens is 1. The van der Waals surface area contributed by atoms with Crippen LogP contribution in [0.1, 0.15) is 21.7 Å². The van der Waals surface area contributed by atoms with Gasteiger partial charge in [-0.2, -0.15) is 0 Å². The van der Waals surface area contributed by atoms with Crippen LogP contribution in [0.2, 0.25) is 0 Å². The molecule has 0 unspecified atom stereocenters. The molecule has 0 saturated heterocycles. The monoisotopic (exact) mass is 402 g/mol. The molecule has 1 heterocycles. The van der Waals surface area contributed by atoms with Gasteiger partial charge in [0.05, 0.1) is 17.7 Å². The molecule has 8 heteroatoms. The van der Waals surface area contributed by atoms with Crippen LogP contribution in [0.15, 0.2) is 76.2 Å². The van der Waals surface area contributed by atoms with Gasteiger partial charge in [-0.1, -0.05) is 18.2 Å². The zero-order valence-electron chi connectivity index (χ0n) is 14.9. The number of hydrogen-bond donors (Lipinski definition) is 2. The first-order valence-electron chi connectivity index (χ1n) is 8.59. The number of nitrogens with one attached hydrogen (secondary N) is 2. The number of benzene rings is 2. The molecule has 0 aliphatic rings. The zero-order valence-corrected chi connectivity index (χ0v) is 15.7. The molecule has 1 aromatic heterocycles. The topological polar surface area (TPSA) is 88.4 Å². The van der Waals surface area contributed by atoms with Gasteiger partial charge in [0.2, 0.25) is 10.0 Å². The summed E-state index contributed by atoms with van der Waals surface area (Å²) in [6.45, 7) is 0.363. The Hall–Kier alpha value is -2.97. The fraction of sp³-hybridized carbons (Fsp3) is 0.150. The van der Waals surface area contributed by atoms with Crippen molar-refractivity contribution in [1.82, 2.24) is 10.0 Å². The Bertz CT molecular complexity index is 1030. The SMILES string of the molecule is O=C(NCCc1ccc(F)cc1)c1cccc(S(=O)(=O)NCc2ccco2)c1. The van der Waals surface area contributed by atoms with Crippen molar-refractivity contribution in [3.8, 4) is 0 Å². The van der Waals surface area contributed by atoms with Crippen LogP contribution in [-0.2, 0) is 23.0 Å². The van der Waals surface area contributed by atoms with Gasteiger partial charge in [-0.15, -0.1) is 0 Å². The Balaban J connectivity index is 1.59. The summed E-state index contributed by atoms with van der Waals surface area (Å²) in [6.07, 6.45) is 2.00. The number of sulfonamides is 1.